The van der Waals surface area contributed by atoms with Gasteiger partial charge < -0.3 is 20.5 Å². The lowest BCUT2D eigenvalue weighted by Crippen LogP contribution is -2.39. The van der Waals surface area contributed by atoms with E-state index in [9.17, 15) is 4.79 Å². The van der Waals surface area contributed by atoms with Crippen molar-refractivity contribution < 1.29 is 14.3 Å². The van der Waals surface area contributed by atoms with Crippen molar-refractivity contribution in [2.24, 2.45) is 5.73 Å². The van der Waals surface area contributed by atoms with E-state index in [-0.39, 0.29) is 23.5 Å². The van der Waals surface area contributed by atoms with Gasteiger partial charge in [0.15, 0.2) is 0 Å². The molecule has 8 heteroatoms. The molecule has 2 aliphatic rings. The van der Waals surface area contributed by atoms with Gasteiger partial charge in [0.2, 0.25) is 5.88 Å². The van der Waals surface area contributed by atoms with Crippen molar-refractivity contribution in [2.45, 2.75) is 77.0 Å². The third-order valence-electron chi connectivity index (χ3n) is 7.11. The van der Waals surface area contributed by atoms with Gasteiger partial charge in [-0.25, -0.2) is 19.7 Å². The van der Waals surface area contributed by atoms with Gasteiger partial charge in [0.25, 0.3) is 0 Å². The van der Waals surface area contributed by atoms with Crippen molar-refractivity contribution in [3.8, 4) is 5.88 Å². The van der Waals surface area contributed by atoms with Crippen LogP contribution in [0.15, 0.2) is 30.6 Å². The van der Waals surface area contributed by atoms with Crippen LogP contribution >= 0.6 is 0 Å². The predicted octanol–water partition coefficient (Wildman–Crippen LogP) is 5.16. The highest BCUT2D eigenvalue weighted by molar-refractivity contribution is 5.93. The molecule has 1 fully saturated rings. The number of hydrogen-bond donors (Lipinski definition) is 2. The molecule has 3 aromatic rings. The van der Waals surface area contributed by atoms with Gasteiger partial charge in [-0.1, -0.05) is 13.8 Å². The SMILES string of the molecule is CC[C@@H](N)c1cnc(OC2(C)CC2)c2cnc(Nc3ccc4c(n3)[C@@H](C)C(C)(C)OC4=O)cc12. The Bertz CT molecular complexity index is 1280. The maximum Gasteiger partial charge on any atom is 0.340 e. The number of cyclic esters (lactones) is 1. The average molecular weight is 462 g/mol. The number of carbonyl (C=O) groups is 1. The normalized spacial score (nSPS) is 20.9. The summed E-state index contributed by atoms with van der Waals surface area (Å²) in [6.45, 7) is 9.97. The molecular formula is C26H31N5O3. The summed E-state index contributed by atoms with van der Waals surface area (Å²) in [5.41, 5.74) is 7.81. The Morgan fingerprint density at radius 1 is 1.18 bits per heavy atom. The lowest BCUT2D eigenvalue weighted by atomic mass is 9.84. The lowest BCUT2D eigenvalue weighted by molar-refractivity contribution is -0.0189. The molecule has 1 aliphatic carbocycles. The third-order valence-corrected chi connectivity index (χ3v) is 7.11. The maximum absolute atomic E-state index is 12.4. The van der Waals surface area contributed by atoms with E-state index in [1.165, 1.54) is 0 Å². The monoisotopic (exact) mass is 461 g/mol. The highest BCUT2D eigenvalue weighted by Crippen LogP contribution is 2.42. The minimum atomic E-state index is -0.621. The molecule has 1 saturated carbocycles. The number of nitrogens with two attached hydrogens (primary N) is 1. The number of esters is 1. The molecule has 0 radical (unpaired) electrons. The molecule has 1 aliphatic heterocycles. The first kappa shape index (κ1) is 22.5. The smallest absolute Gasteiger partial charge is 0.340 e. The summed E-state index contributed by atoms with van der Waals surface area (Å²) in [4.78, 5) is 26.3. The summed E-state index contributed by atoms with van der Waals surface area (Å²) in [6.07, 6.45) is 6.42. The van der Waals surface area contributed by atoms with Crippen LogP contribution in [-0.4, -0.2) is 32.1 Å². The molecule has 0 bridgehead atoms. The Morgan fingerprint density at radius 3 is 2.65 bits per heavy atom. The van der Waals surface area contributed by atoms with Gasteiger partial charge in [-0.2, -0.15) is 0 Å². The topological polar surface area (TPSA) is 112 Å². The van der Waals surface area contributed by atoms with E-state index in [1.807, 2.05) is 33.0 Å². The summed E-state index contributed by atoms with van der Waals surface area (Å²) in [5, 5.41) is 5.10. The molecule has 2 atom stereocenters. The Hall–Kier alpha value is -3.26. The Balaban J connectivity index is 1.52. The largest absolute Gasteiger partial charge is 0.471 e. The molecule has 0 amide bonds. The van der Waals surface area contributed by atoms with Crippen LogP contribution in [0, 0.1) is 0 Å². The van der Waals surface area contributed by atoms with Crippen molar-refractivity contribution in [3.05, 3.63) is 47.4 Å². The van der Waals surface area contributed by atoms with Gasteiger partial charge in [-0.05, 0) is 69.2 Å². The van der Waals surface area contributed by atoms with Gasteiger partial charge in [0.1, 0.15) is 22.8 Å². The Labute approximate surface area is 199 Å². The zero-order valence-electron chi connectivity index (χ0n) is 20.3. The van der Waals surface area contributed by atoms with Crippen LogP contribution in [0.4, 0.5) is 11.6 Å². The van der Waals surface area contributed by atoms with E-state index in [1.54, 1.807) is 18.3 Å². The highest BCUT2D eigenvalue weighted by atomic mass is 16.6. The summed E-state index contributed by atoms with van der Waals surface area (Å²) < 4.78 is 11.8. The first-order chi connectivity index (χ1) is 16.1. The van der Waals surface area contributed by atoms with Crippen LogP contribution in [0.25, 0.3) is 10.8 Å². The van der Waals surface area contributed by atoms with Crippen LogP contribution in [0.1, 0.15) is 87.5 Å². The van der Waals surface area contributed by atoms with E-state index < -0.39 is 5.60 Å². The molecule has 8 nitrogen and oxygen atoms in total. The van der Waals surface area contributed by atoms with Crippen molar-refractivity contribution in [2.75, 3.05) is 5.32 Å². The molecule has 0 unspecified atom stereocenters. The second-order valence-electron chi connectivity index (χ2n) is 10.2. The quantitative estimate of drug-likeness (QED) is 0.484. The zero-order chi connectivity index (χ0) is 24.3. The minimum absolute atomic E-state index is 0.0461. The standard InChI is InChI=1S/C26H31N5O3/c1-6-19(27)17-12-29-23(33-26(5)9-10-26)18-13-28-21(11-16(17)18)30-20-8-7-15-22(31-20)14(2)25(3,4)34-24(15)32/h7-8,11-14,19H,6,9-10,27H2,1-5H3,(H,28,30,31)/t14-,19-/m1/s1. The second kappa shape index (κ2) is 7.91. The third kappa shape index (κ3) is 3.96. The summed E-state index contributed by atoms with van der Waals surface area (Å²) in [7, 11) is 0. The van der Waals surface area contributed by atoms with Gasteiger partial charge in [0, 0.05) is 24.4 Å². The van der Waals surface area contributed by atoms with Gasteiger partial charge in [-0.15, -0.1) is 0 Å². The van der Waals surface area contributed by atoms with E-state index >= 15 is 0 Å². The fourth-order valence-electron chi connectivity index (χ4n) is 4.20. The number of pyridine rings is 3. The summed E-state index contributed by atoms with van der Waals surface area (Å²) in [5.74, 6) is 1.44. The van der Waals surface area contributed by atoms with E-state index in [4.69, 9.17) is 20.2 Å². The van der Waals surface area contributed by atoms with Crippen molar-refractivity contribution in [1.29, 1.82) is 0 Å². The van der Waals surface area contributed by atoms with Gasteiger partial charge in [0.05, 0.1) is 16.6 Å². The molecule has 0 spiro atoms. The lowest BCUT2D eigenvalue weighted by Gasteiger charge is -2.36. The number of rotatable bonds is 6. The number of aromatic nitrogens is 3. The van der Waals surface area contributed by atoms with Crippen LogP contribution in [0.2, 0.25) is 0 Å². The summed E-state index contributed by atoms with van der Waals surface area (Å²) >= 11 is 0. The van der Waals surface area contributed by atoms with Crippen molar-refractivity contribution >= 4 is 28.4 Å². The molecule has 4 heterocycles. The molecule has 178 valence electrons. The first-order valence-corrected chi connectivity index (χ1v) is 11.8. The number of carbonyl (C=O) groups excluding carboxylic acids is 1. The minimum Gasteiger partial charge on any atom is -0.471 e. The molecule has 3 aromatic heterocycles. The van der Waals surface area contributed by atoms with Crippen molar-refractivity contribution in [1.82, 2.24) is 15.0 Å². The number of anilines is 2. The van der Waals surface area contributed by atoms with Gasteiger partial charge in [-0.3, -0.25) is 0 Å². The molecular weight excluding hydrogens is 430 g/mol. The summed E-state index contributed by atoms with van der Waals surface area (Å²) in [6, 6.07) is 5.34. The first-order valence-electron chi connectivity index (χ1n) is 11.8. The Kier molecular flexibility index (Phi) is 5.24. The van der Waals surface area contributed by atoms with Crippen molar-refractivity contribution in [3.63, 3.8) is 0 Å². The Morgan fingerprint density at radius 2 is 1.94 bits per heavy atom. The van der Waals surface area contributed by atoms with E-state index in [2.05, 4.69) is 29.1 Å². The molecule has 0 aromatic carbocycles. The fourth-order valence-corrected chi connectivity index (χ4v) is 4.20. The zero-order valence-corrected chi connectivity index (χ0v) is 20.3. The van der Waals surface area contributed by atoms with Crippen LogP contribution in [0.5, 0.6) is 5.88 Å². The number of fused-ring (bicyclic) bond motifs is 2. The predicted molar refractivity (Wildman–Crippen MR) is 130 cm³/mol. The molecule has 0 saturated heterocycles. The molecule has 34 heavy (non-hydrogen) atoms. The van der Waals surface area contributed by atoms with Crippen LogP contribution in [0.3, 0.4) is 0 Å². The van der Waals surface area contributed by atoms with Gasteiger partial charge >= 0.3 is 5.97 Å². The number of ether oxygens (including phenoxy) is 2. The highest BCUT2D eigenvalue weighted by Gasteiger charge is 2.41. The molecule has 5 rings (SSSR count). The van der Waals surface area contributed by atoms with Crippen LogP contribution < -0.4 is 15.8 Å². The van der Waals surface area contributed by atoms with Crippen LogP contribution in [-0.2, 0) is 4.74 Å². The molecule has 3 N–H and O–H groups in total. The maximum atomic E-state index is 12.4. The number of nitrogens with one attached hydrogen (secondary N) is 1. The average Bonchev–Trinajstić information content (AvgIpc) is 3.53. The fraction of sp³-hybridized carbons (Fsp3) is 0.462. The second-order valence-corrected chi connectivity index (χ2v) is 10.2. The van der Waals surface area contributed by atoms with E-state index in [0.29, 0.717) is 23.1 Å². The van der Waals surface area contributed by atoms with E-state index in [0.717, 1.165) is 41.3 Å². The number of hydrogen-bond acceptors (Lipinski definition) is 8. The number of nitrogens with zero attached hydrogens (tertiary/aromatic N) is 3.